The van der Waals surface area contributed by atoms with Gasteiger partial charge in [0.05, 0.1) is 32.8 Å². The van der Waals surface area contributed by atoms with Crippen molar-refractivity contribution in [1.29, 1.82) is 0 Å². The average Bonchev–Trinajstić information content (AvgIpc) is 0.988. The van der Waals surface area contributed by atoms with Gasteiger partial charge in [-0.25, -0.2) is 9.13 Å². The second kappa shape index (κ2) is 72.8. The van der Waals surface area contributed by atoms with Gasteiger partial charge in [0.15, 0.2) is 12.2 Å². The molecule has 100 heavy (non-hydrogen) atoms. The zero-order chi connectivity index (χ0) is 73.2. The van der Waals surface area contributed by atoms with Gasteiger partial charge in [-0.2, -0.15) is 0 Å². The number of unbranched alkanes of at least 4 members (excludes halogenated alkanes) is 27. The molecule has 574 valence electrons. The van der Waals surface area contributed by atoms with E-state index >= 15 is 0 Å². The van der Waals surface area contributed by atoms with Crippen LogP contribution in [0, 0.1) is 0 Å². The monoisotopic (exact) mass is 1440 g/mol. The molecule has 0 heterocycles. The molecule has 0 spiro atoms. The molecule has 0 bridgehead atoms. The van der Waals surface area contributed by atoms with Crippen molar-refractivity contribution in [3.8, 4) is 0 Å². The van der Waals surface area contributed by atoms with Gasteiger partial charge in [-0.3, -0.25) is 37.3 Å². The van der Waals surface area contributed by atoms with Gasteiger partial charge in [-0.05, 0) is 109 Å². The van der Waals surface area contributed by atoms with Gasteiger partial charge in [-0.15, -0.1) is 0 Å². The molecule has 0 fully saturated rings. The lowest BCUT2D eigenvalue weighted by Gasteiger charge is -2.21. The van der Waals surface area contributed by atoms with E-state index in [9.17, 15) is 43.2 Å². The Kier molecular flexibility index (Phi) is 69.5. The van der Waals surface area contributed by atoms with E-state index in [0.29, 0.717) is 25.7 Å². The largest absolute Gasteiger partial charge is 0.472 e. The van der Waals surface area contributed by atoms with Crippen molar-refractivity contribution in [1.82, 2.24) is 0 Å². The topological polar surface area (TPSA) is 237 Å². The van der Waals surface area contributed by atoms with E-state index < -0.39 is 97.5 Å². The summed E-state index contributed by atoms with van der Waals surface area (Å²) in [5.74, 6) is -2.34. The van der Waals surface area contributed by atoms with E-state index in [0.717, 1.165) is 167 Å². The number of aliphatic hydroxyl groups excluding tert-OH is 1. The Morgan fingerprint density at radius 3 is 0.930 bits per heavy atom. The summed E-state index contributed by atoms with van der Waals surface area (Å²) < 4.78 is 68.4. The molecule has 0 aromatic heterocycles. The van der Waals surface area contributed by atoms with Crippen LogP contribution >= 0.6 is 15.6 Å². The molecule has 5 atom stereocenters. The Balaban J connectivity index is 5.41. The van der Waals surface area contributed by atoms with E-state index in [4.69, 9.17) is 37.0 Å². The normalized spacial score (nSPS) is 14.6. The number of ether oxygens (including phenoxy) is 4. The SMILES string of the molecule is CC/C=C\C/C=C\C/C=C\C/C=C\C/C=C\CC(=O)OCC(COP(=O)(O)OCC(O)COP(=O)(O)OCC(COC(=O)CCCCCCCCC/C=C\C/C=C\C/C=C\CC)OC(=O)CCCCCCC/C=C\C/C=C\CCC)OC(=O)CCCCCCCCCCCCCCCCC. The van der Waals surface area contributed by atoms with Gasteiger partial charge >= 0.3 is 39.5 Å². The molecule has 0 saturated heterocycles. The molecule has 0 saturated carbocycles. The summed E-state index contributed by atoms with van der Waals surface area (Å²) in [5, 5.41) is 10.6. The highest BCUT2D eigenvalue weighted by Gasteiger charge is 2.30. The number of phosphoric ester groups is 2. The minimum Gasteiger partial charge on any atom is -0.462 e. The second-order valence-corrected chi connectivity index (χ2v) is 28.5. The van der Waals surface area contributed by atoms with Crippen LogP contribution in [0.5, 0.6) is 0 Å². The number of carbonyl (C=O) groups excluding carboxylic acids is 4. The summed E-state index contributed by atoms with van der Waals surface area (Å²) in [4.78, 5) is 72.8. The smallest absolute Gasteiger partial charge is 0.462 e. The Labute approximate surface area is 606 Å². The fourth-order valence-electron chi connectivity index (χ4n) is 10.1. The fraction of sp³-hybridized carbons (Fsp3) is 0.704. The first-order chi connectivity index (χ1) is 48.7. The minimum atomic E-state index is -4.99. The van der Waals surface area contributed by atoms with Crippen molar-refractivity contribution in [2.75, 3.05) is 39.6 Å². The zero-order valence-electron chi connectivity index (χ0n) is 62.6. The van der Waals surface area contributed by atoms with Gasteiger partial charge in [0, 0.05) is 19.3 Å². The van der Waals surface area contributed by atoms with Crippen molar-refractivity contribution in [3.63, 3.8) is 0 Å². The maximum Gasteiger partial charge on any atom is 0.472 e. The Morgan fingerprint density at radius 2 is 0.580 bits per heavy atom. The molecule has 5 unspecified atom stereocenters. The lowest BCUT2D eigenvalue weighted by Crippen LogP contribution is -2.30. The van der Waals surface area contributed by atoms with Gasteiger partial charge < -0.3 is 33.8 Å². The summed E-state index contributed by atoms with van der Waals surface area (Å²) >= 11 is 0. The third-order valence-corrected chi connectivity index (χ3v) is 17.8. The van der Waals surface area contributed by atoms with Gasteiger partial charge in [0.2, 0.25) is 0 Å². The zero-order valence-corrected chi connectivity index (χ0v) is 64.4. The molecule has 0 rings (SSSR count). The first kappa shape index (κ1) is 95.5. The predicted molar refractivity (Wildman–Crippen MR) is 408 cm³/mol. The molecule has 0 aliphatic rings. The quantitative estimate of drug-likeness (QED) is 0.0169. The number of phosphoric acid groups is 2. The van der Waals surface area contributed by atoms with Crippen LogP contribution < -0.4 is 0 Å². The first-order valence-electron chi connectivity index (χ1n) is 38.8. The molecule has 0 aromatic rings. The molecule has 3 N–H and O–H groups in total. The van der Waals surface area contributed by atoms with Gasteiger partial charge in [-0.1, -0.05) is 297 Å². The maximum atomic E-state index is 13.1. The maximum absolute atomic E-state index is 13.1. The van der Waals surface area contributed by atoms with Crippen LogP contribution in [0.15, 0.2) is 122 Å². The number of aliphatic hydroxyl groups is 1. The molecule has 0 aliphatic carbocycles. The number of esters is 4. The van der Waals surface area contributed by atoms with Gasteiger partial charge in [0.1, 0.15) is 19.3 Å². The Morgan fingerprint density at radius 1 is 0.300 bits per heavy atom. The molecular weight excluding hydrogens is 1310 g/mol. The number of hydrogen-bond donors (Lipinski definition) is 3. The summed E-state index contributed by atoms with van der Waals surface area (Å²) in [6.45, 7) is 4.46. The highest BCUT2D eigenvalue weighted by atomic mass is 31.2. The third kappa shape index (κ3) is 71.8. The third-order valence-electron chi connectivity index (χ3n) is 15.9. The van der Waals surface area contributed by atoms with Crippen LogP contribution in [0.2, 0.25) is 0 Å². The number of rotatable bonds is 72. The molecule has 17 nitrogen and oxygen atoms in total. The van der Waals surface area contributed by atoms with Crippen LogP contribution in [0.25, 0.3) is 0 Å². The van der Waals surface area contributed by atoms with Crippen molar-refractivity contribution in [2.24, 2.45) is 0 Å². The van der Waals surface area contributed by atoms with E-state index in [1.165, 1.54) is 64.2 Å². The Hall–Kier alpha value is -4.54. The Bertz CT molecular complexity index is 2370. The summed E-state index contributed by atoms with van der Waals surface area (Å²) in [6, 6.07) is 0. The van der Waals surface area contributed by atoms with Crippen molar-refractivity contribution in [2.45, 2.75) is 329 Å². The van der Waals surface area contributed by atoms with Crippen LogP contribution in [0.1, 0.15) is 310 Å². The average molecular weight is 1450 g/mol. The second-order valence-electron chi connectivity index (χ2n) is 25.6. The minimum absolute atomic E-state index is 0.0704. The highest BCUT2D eigenvalue weighted by molar-refractivity contribution is 7.47. The lowest BCUT2D eigenvalue weighted by atomic mass is 10.0. The number of hydrogen-bond acceptors (Lipinski definition) is 15. The lowest BCUT2D eigenvalue weighted by molar-refractivity contribution is -0.161. The van der Waals surface area contributed by atoms with E-state index in [-0.39, 0.29) is 25.7 Å². The summed E-state index contributed by atoms with van der Waals surface area (Å²) in [5.41, 5.74) is 0. The van der Waals surface area contributed by atoms with Crippen molar-refractivity contribution >= 4 is 39.5 Å². The molecular formula is C81H138O17P2. The van der Waals surface area contributed by atoms with E-state index in [2.05, 4.69) is 125 Å². The number of allylic oxidation sites excluding steroid dienone is 19. The first-order valence-corrected chi connectivity index (χ1v) is 41.8. The van der Waals surface area contributed by atoms with E-state index in [1.54, 1.807) is 6.08 Å². The van der Waals surface area contributed by atoms with Crippen LogP contribution in [0.4, 0.5) is 0 Å². The van der Waals surface area contributed by atoms with Crippen LogP contribution in [-0.2, 0) is 65.4 Å². The van der Waals surface area contributed by atoms with Crippen molar-refractivity contribution in [3.05, 3.63) is 122 Å². The van der Waals surface area contributed by atoms with Crippen molar-refractivity contribution < 1.29 is 80.2 Å². The fourth-order valence-corrected chi connectivity index (χ4v) is 11.7. The summed E-state index contributed by atoms with van der Waals surface area (Å²) in [6.07, 6.45) is 79.3. The molecule has 19 heteroatoms. The van der Waals surface area contributed by atoms with Crippen LogP contribution in [0.3, 0.4) is 0 Å². The van der Waals surface area contributed by atoms with Crippen LogP contribution in [-0.4, -0.2) is 96.7 Å². The molecule has 0 amide bonds. The standard InChI is InChI=1S/C81H138O17P2/c1-5-9-13-17-21-25-29-33-36-37-40-43-46-50-54-58-62-66-79(84)92-71-76(97-80(85)67-63-59-55-51-47-41-32-28-24-20-16-12-8-4)73-95-99(87,88)93-69-75(82)70-94-100(89,90)96-74-77(98-81(86)68-64-60-56-52-48-44-39-35-31-27-23-19-15-11-7-3)72-91-78(83)65-61-57-53-49-45-42-38-34-30-26-22-18-14-10-6-2/h9-10,13-14,16,20-22,25-26,28,32-34,36,38,45,49,57,61,75-77,82H,5-8,11-12,15,17-19,23-24,27,29-31,35,37,39-44,46-48,50-56,58-60,62-74H2,1-4H3,(H,87,88)(H,89,90)/b13-9-,14-10-,20-16-,25-21-,26-22-,32-28-,36-33-,38-34-,49-45-,61-57-. The summed E-state index contributed by atoms with van der Waals surface area (Å²) in [7, 11) is -9.98. The molecule has 0 aromatic carbocycles. The van der Waals surface area contributed by atoms with E-state index in [1.807, 2.05) is 18.2 Å². The number of carbonyl (C=O) groups is 4. The predicted octanol–water partition coefficient (Wildman–Crippen LogP) is 22.3. The highest BCUT2D eigenvalue weighted by Crippen LogP contribution is 2.45. The molecule has 0 aliphatic heterocycles. The van der Waals surface area contributed by atoms with Gasteiger partial charge in [0.25, 0.3) is 0 Å². The molecule has 0 radical (unpaired) electrons.